The lowest BCUT2D eigenvalue weighted by Gasteiger charge is -2.10. The number of imidazole rings is 1. The normalized spacial score (nSPS) is 11.0. The molecule has 0 atom stereocenters. The molecule has 1 heterocycles. The third-order valence-corrected chi connectivity index (χ3v) is 3.12. The van der Waals surface area contributed by atoms with Crippen molar-refractivity contribution >= 4 is 22.9 Å². The monoisotopic (exact) mass is 290 g/mol. The van der Waals surface area contributed by atoms with Crippen LogP contribution in [0.5, 0.6) is 0 Å². The Bertz CT molecular complexity index is 594. The first-order valence-corrected chi connectivity index (χ1v) is 7.23. The number of anilines is 1. The zero-order valence-electron chi connectivity index (χ0n) is 12.6. The second kappa shape index (κ2) is 7.75. The molecule has 2 N–H and O–H groups in total. The summed E-state index contributed by atoms with van der Waals surface area (Å²) in [4.78, 5) is 16.3. The molecule has 114 valence electrons. The van der Waals surface area contributed by atoms with E-state index in [4.69, 9.17) is 4.74 Å². The molecule has 0 radical (unpaired) electrons. The smallest absolute Gasteiger partial charge is 0.240 e. The highest BCUT2D eigenvalue weighted by atomic mass is 16.5. The first kappa shape index (κ1) is 15.5. The minimum Gasteiger partial charge on any atom is -0.382 e. The molecule has 0 aliphatic carbocycles. The molecule has 1 aromatic carbocycles. The van der Waals surface area contributed by atoms with E-state index in [-0.39, 0.29) is 12.5 Å². The van der Waals surface area contributed by atoms with Gasteiger partial charge < -0.3 is 14.6 Å². The molecule has 0 saturated heterocycles. The molecule has 6 nitrogen and oxygen atoms in total. The number of nitrogens with one attached hydrogen (secondary N) is 2. The number of para-hydroxylation sites is 2. The van der Waals surface area contributed by atoms with E-state index in [0.29, 0.717) is 12.6 Å². The largest absolute Gasteiger partial charge is 0.382 e. The Morgan fingerprint density at radius 1 is 1.38 bits per heavy atom. The SMILES string of the molecule is CCOCCCn1c(NC(=O)CNC)nc2ccccc21. The molecular formula is C15H22N4O2. The van der Waals surface area contributed by atoms with Crippen molar-refractivity contribution in [3.05, 3.63) is 24.3 Å². The van der Waals surface area contributed by atoms with Gasteiger partial charge >= 0.3 is 0 Å². The molecule has 0 saturated carbocycles. The third kappa shape index (κ3) is 4.03. The van der Waals surface area contributed by atoms with Crippen molar-refractivity contribution in [2.45, 2.75) is 19.9 Å². The Hall–Kier alpha value is -1.92. The quantitative estimate of drug-likeness (QED) is 0.725. The van der Waals surface area contributed by atoms with Crippen molar-refractivity contribution in [1.82, 2.24) is 14.9 Å². The summed E-state index contributed by atoms with van der Waals surface area (Å²) in [6, 6.07) is 7.88. The van der Waals surface area contributed by atoms with Crippen molar-refractivity contribution in [3.8, 4) is 0 Å². The second-order valence-corrected chi connectivity index (χ2v) is 4.70. The molecule has 0 aliphatic heterocycles. The predicted octanol–water partition coefficient (Wildman–Crippen LogP) is 1.62. The molecule has 0 bridgehead atoms. The minimum atomic E-state index is -0.0983. The van der Waals surface area contributed by atoms with Gasteiger partial charge in [-0.05, 0) is 32.5 Å². The third-order valence-electron chi connectivity index (χ3n) is 3.12. The van der Waals surface area contributed by atoms with Crippen LogP contribution < -0.4 is 10.6 Å². The Labute approximate surface area is 124 Å². The molecule has 0 fully saturated rings. The maximum Gasteiger partial charge on any atom is 0.240 e. The van der Waals surface area contributed by atoms with Gasteiger partial charge in [0.1, 0.15) is 0 Å². The number of amides is 1. The molecule has 2 rings (SSSR count). The highest BCUT2D eigenvalue weighted by Gasteiger charge is 2.12. The summed E-state index contributed by atoms with van der Waals surface area (Å²) in [5.41, 5.74) is 1.91. The molecule has 0 spiro atoms. The fraction of sp³-hybridized carbons (Fsp3) is 0.467. The van der Waals surface area contributed by atoms with Gasteiger partial charge in [0.15, 0.2) is 0 Å². The van der Waals surface area contributed by atoms with Gasteiger partial charge in [-0.3, -0.25) is 10.1 Å². The van der Waals surface area contributed by atoms with E-state index in [2.05, 4.69) is 15.6 Å². The Balaban J connectivity index is 2.19. The predicted molar refractivity (Wildman–Crippen MR) is 83.4 cm³/mol. The van der Waals surface area contributed by atoms with E-state index in [1.165, 1.54) is 0 Å². The summed E-state index contributed by atoms with van der Waals surface area (Å²) in [6.07, 6.45) is 0.878. The average Bonchev–Trinajstić information content (AvgIpc) is 2.81. The fourth-order valence-corrected chi connectivity index (χ4v) is 2.20. The number of likely N-dealkylation sites (N-methyl/N-ethyl adjacent to an activating group) is 1. The van der Waals surface area contributed by atoms with Crippen LogP contribution in [0.3, 0.4) is 0 Å². The second-order valence-electron chi connectivity index (χ2n) is 4.70. The summed E-state index contributed by atoms with van der Waals surface area (Å²) < 4.78 is 7.40. The van der Waals surface area contributed by atoms with Gasteiger partial charge in [-0.25, -0.2) is 4.98 Å². The van der Waals surface area contributed by atoms with E-state index in [1.54, 1.807) is 7.05 Å². The van der Waals surface area contributed by atoms with Gasteiger partial charge in [0.25, 0.3) is 0 Å². The molecule has 21 heavy (non-hydrogen) atoms. The van der Waals surface area contributed by atoms with Crippen LogP contribution in [0.4, 0.5) is 5.95 Å². The molecule has 6 heteroatoms. The number of aromatic nitrogens is 2. The van der Waals surface area contributed by atoms with Crippen LogP contribution in [0.1, 0.15) is 13.3 Å². The topological polar surface area (TPSA) is 68.2 Å². The van der Waals surface area contributed by atoms with Crippen molar-refractivity contribution < 1.29 is 9.53 Å². The zero-order chi connectivity index (χ0) is 15.1. The van der Waals surface area contributed by atoms with Crippen molar-refractivity contribution in [2.24, 2.45) is 0 Å². The summed E-state index contributed by atoms with van der Waals surface area (Å²) >= 11 is 0. The van der Waals surface area contributed by atoms with E-state index in [9.17, 15) is 4.79 Å². The van der Waals surface area contributed by atoms with E-state index in [1.807, 2.05) is 35.8 Å². The standard InChI is InChI=1S/C15H22N4O2/c1-3-21-10-6-9-19-13-8-5-4-7-12(13)17-15(19)18-14(20)11-16-2/h4-5,7-8,16H,3,6,9-11H2,1-2H3,(H,17,18,20). The van der Waals surface area contributed by atoms with Gasteiger partial charge in [0.2, 0.25) is 11.9 Å². The average molecular weight is 290 g/mol. The highest BCUT2D eigenvalue weighted by molar-refractivity contribution is 5.92. The van der Waals surface area contributed by atoms with Crippen LogP contribution >= 0.6 is 0 Å². The lowest BCUT2D eigenvalue weighted by Crippen LogP contribution is -2.26. The van der Waals surface area contributed by atoms with Gasteiger partial charge in [0, 0.05) is 19.8 Å². The first-order chi connectivity index (χ1) is 10.3. The van der Waals surface area contributed by atoms with Crippen LogP contribution in [0.15, 0.2) is 24.3 Å². The van der Waals surface area contributed by atoms with Crippen LogP contribution in [0.2, 0.25) is 0 Å². The maximum absolute atomic E-state index is 11.8. The Kier molecular flexibility index (Phi) is 5.71. The Morgan fingerprint density at radius 3 is 2.95 bits per heavy atom. The van der Waals surface area contributed by atoms with Gasteiger partial charge in [0.05, 0.1) is 17.6 Å². The molecule has 0 aliphatic rings. The van der Waals surface area contributed by atoms with Crippen LogP contribution in [0, 0.1) is 0 Å². The summed E-state index contributed by atoms with van der Waals surface area (Å²) in [5.74, 6) is 0.492. The van der Waals surface area contributed by atoms with Crippen LogP contribution in [-0.2, 0) is 16.1 Å². The lowest BCUT2D eigenvalue weighted by atomic mass is 10.3. The fourth-order valence-electron chi connectivity index (χ4n) is 2.20. The van der Waals surface area contributed by atoms with E-state index >= 15 is 0 Å². The number of carbonyl (C=O) groups is 1. The van der Waals surface area contributed by atoms with Gasteiger partial charge in [-0.2, -0.15) is 0 Å². The van der Waals surface area contributed by atoms with Crippen molar-refractivity contribution in [3.63, 3.8) is 0 Å². The number of fused-ring (bicyclic) bond motifs is 1. The summed E-state index contributed by atoms with van der Waals surface area (Å²) in [5, 5.41) is 5.68. The molecule has 0 unspecified atom stereocenters. The van der Waals surface area contributed by atoms with E-state index < -0.39 is 0 Å². The highest BCUT2D eigenvalue weighted by Crippen LogP contribution is 2.19. The number of rotatable bonds is 8. The summed E-state index contributed by atoms with van der Waals surface area (Å²) in [6.45, 7) is 4.43. The Morgan fingerprint density at radius 2 is 2.19 bits per heavy atom. The number of aryl methyl sites for hydroxylation is 1. The molecular weight excluding hydrogens is 268 g/mol. The number of carbonyl (C=O) groups excluding carboxylic acids is 1. The molecule has 2 aromatic rings. The number of hydrogen-bond donors (Lipinski definition) is 2. The number of hydrogen-bond acceptors (Lipinski definition) is 4. The summed E-state index contributed by atoms with van der Waals surface area (Å²) in [7, 11) is 1.74. The lowest BCUT2D eigenvalue weighted by molar-refractivity contribution is -0.115. The molecule has 1 amide bonds. The van der Waals surface area contributed by atoms with Crippen molar-refractivity contribution in [2.75, 3.05) is 32.1 Å². The van der Waals surface area contributed by atoms with Crippen molar-refractivity contribution in [1.29, 1.82) is 0 Å². The minimum absolute atomic E-state index is 0.0983. The van der Waals surface area contributed by atoms with Gasteiger partial charge in [-0.15, -0.1) is 0 Å². The number of benzene rings is 1. The first-order valence-electron chi connectivity index (χ1n) is 7.23. The number of ether oxygens (including phenoxy) is 1. The zero-order valence-corrected chi connectivity index (χ0v) is 12.6. The maximum atomic E-state index is 11.8. The van der Waals surface area contributed by atoms with Gasteiger partial charge in [-0.1, -0.05) is 12.1 Å². The number of nitrogens with zero attached hydrogens (tertiary/aromatic N) is 2. The van der Waals surface area contributed by atoms with E-state index in [0.717, 1.165) is 30.6 Å². The molecule has 1 aromatic heterocycles. The van der Waals surface area contributed by atoms with Crippen LogP contribution in [-0.4, -0.2) is 42.3 Å². The van der Waals surface area contributed by atoms with Crippen LogP contribution in [0.25, 0.3) is 11.0 Å².